The molecule has 2 aromatic rings. The Balaban J connectivity index is 2.25. The molecular formula is C14H13Cl2O4P. The quantitative estimate of drug-likeness (QED) is 0.776. The van der Waals surface area contributed by atoms with Crippen LogP contribution in [0.15, 0.2) is 36.4 Å². The number of aryl methyl sites for hydroxylation is 2. The Morgan fingerprint density at radius 2 is 1.29 bits per heavy atom. The van der Waals surface area contributed by atoms with Gasteiger partial charge in [0.25, 0.3) is 0 Å². The van der Waals surface area contributed by atoms with Gasteiger partial charge in [-0.3, -0.25) is 4.89 Å². The van der Waals surface area contributed by atoms with Crippen molar-refractivity contribution in [3.63, 3.8) is 0 Å². The highest BCUT2D eigenvalue weighted by molar-refractivity contribution is 7.48. The SMILES string of the molecule is Cc1cccc(OP(=O)(O)Oc2cccc(C)c2Cl)c1Cl. The summed E-state index contributed by atoms with van der Waals surface area (Å²) in [5, 5.41) is 0.511. The van der Waals surface area contributed by atoms with Crippen LogP contribution in [0.25, 0.3) is 0 Å². The van der Waals surface area contributed by atoms with Gasteiger partial charge in [-0.05, 0) is 37.1 Å². The summed E-state index contributed by atoms with van der Waals surface area (Å²) in [6.45, 7) is 3.52. The zero-order valence-corrected chi connectivity index (χ0v) is 13.7. The minimum atomic E-state index is -4.40. The lowest BCUT2D eigenvalue weighted by atomic mass is 10.2. The summed E-state index contributed by atoms with van der Waals surface area (Å²) in [6, 6.07) is 9.82. The Hall–Kier alpha value is -1.19. The van der Waals surface area contributed by atoms with Crippen LogP contribution in [-0.2, 0) is 4.57 Å². The van der Waals surface area contributed by atoms with E-state index in [9.17, 15) is 9.46 Å². The van der Waals surface area contributed by atoms with E-state index in [1.165, 1.54) is 12.1 Å². The summed E-state index contributed by atoms with van der Waals surface area (Å²) in [5.41, 5.74) is 1.45. The van der Waals surface area contributed by atoms with Gasteiger partial charge in [-0.15, -0.1) is 0 Å². The monoisotopic (exact) mass is 346 g/mol. The van der Waals surface area contributed by atoms with Gasteiger partial charge in [-0.25, -0.2) is 4.57 Å². The molecule has 0 spiro atoms. The van der Waals surface area contributed by atoms with E-state index in [0.717, 1.165) is 11.1 Å². The second-order valence-electron chi connectivity index (χ2n) is 4.43. The normalized spacial score (nSPS) is 11.3. The first-order valence-electron chi connectivity index (χ1n) is 6.02. The topological polar surface area (TPSA) is 55.8 Å². The molecule has 0 unspecified atom stereocenters. The smallest absolute Gasteiger partial charge is 0.394 e. The lowest BCUT2D eigenvalue weighted by Crippen LogP contribution is -2.01. The van der Waals surface area contributed by atoms with Gasteiger partial charge < -0.3 is 9.05 Å². The van der Waals surface area contributed by atoms with E-state index in [2.05, 4.69) is 0 Å². The highest BCUT2D eigenvalue weighted by Gasteiger charge is 2.27. The van der Waals surface area contributed by atoms with Gasteiger partial charge >= 0.3 is 7.82 Å². The molecule has 0 aliphatic carbocycles. The van der Waals surface area contributed by atoms with E-state index >= 15 is 0 Å². The van der Waals surface area contributed by atoms with Crippen molar-refractivity contribution < 1.29 is 18.5 Å². The molecule has 4 nitrogen and oxygen atoms in total. The molecule has 0 atom stereocenters. The summed E-state index contributed by atoms with van der Waals surface area (Å²) < 4.78 is 22.1. The molecule has 21 heavy (non-hydrogen) atoms. The van der Waals surface area contributed by atoms with Crippen molar-refractivity contribution in [3.8, 4) is 11.5 Å². The van der Waals surface area contributed by atoms with Crippen LogP contribution >= 0.6 is 31.0 Å². The third kappa shape index (κ3) is 3.92. The van der Waals surface area contributed by atoms with E-state index in [1.807, 2.05) is 0 Å². The molecule has 2 aromatic carbocycles. The summed E-state index contributed by atoms with van der Waals surface area (Å²) in [4.78, 5) is 9.85. The first-order valence-corrected chi connectivity index (χ1v) is 8.27. The largest absolute Gasteiger partial charge is 0.585 e. The van der Waals surface area contributed by atoms with Crippen molar-refractivity contribution in [1.82, 2.24) is 0 Å². The van der Waals surface area contributed by atoms with Crippen LogP contribution in [0.4, 0.5) is 0 Å². The fourth-order valence-corrected chi connectivity index (χ4v) is 2.92. The second kappa shape index (κ2) is 6.29. The van der Waals surface area contributed by atoms with E-state index in [4.69, 9.17) is 32.2 Å². The first kappa shape index (κ1) is 16.2. The zero-order valence-electron chi connectivity index (χ0n) is 11.3. The van der Waals surface area contributed by atoms with Gasteiger partial charge in [0.1, 0.15) is 0 Å². The standard InChI is InChI=1S/C14H13Cl2O4P/c1-9-5-3-7-11(13(9)15)19-21(17,18)20-12-8-4-6-10(2)14(12)16/h3-8H,1-2H3,(H,17,18). The Morgan fingerprint density at radius 1 is 0.905 bits per heavy atom. The molecule has 2 rings (SSSR count). The molecule has 7 heteroatoms. The molecule has 0 aliphatic rings. The van der Waals surface area contributed by atoms with Crippen molar-refractivity contribution in [2.45, 2.75) is 13.8 Å². The predicted octanol–water partition coefficient (Wildman–Crippen LogP) is 5.17. The summed E-state index contributed by atoms with van der Waals surface area (Å²) >= 11 is 12.0. The molecule has 0 aromatic heterocycles. The highest BCUT2D eigenvalue weighted by Crippen LogP contribution is 2.48. The molecular weight excluding hydrogens is 334 g/mol. The summed E-state index contributed by atoms with van der Waals surface area (Å²) in [7, 11) is -4.40. The Morgan fingerprint density at radius 3 is 1.67 bits per heavy atom. The molecule has 112 valence electrons. The van der Waals surface area contributed by atoms with Crippen LogP contribution in [-0.4, -0.2) is 4.89 Å². The maximum atomic E-state index is 12.1. The molecule has 0 radical (unpaired) electrons. The third-order valence-corrected chi connectivity index (χ3v) is 4.56. The molecule has 0 aliphatic heterocycles. The third-order valence-electron chi connectivity index (χ3n) is 2.74. The Labute approximate surface area is 132 Å². The van der Waals surface area contributed by atoms with Gasteiger partial charge in [-0.2, -0.15) is 0 Å². The molecule has 0 bridgehead atoms. The predicted molar refractivity (Wildman–Crippen MR) is 83.5 cm³/mol. The molecule has 0 amide bonds. The van der Waals surface area contributed by atoms with Gasteiger partial charge in [0.05, 0.1) is 10.0 Å². The van der Waals surface area contributed by atoms with Crippen LogP contribution in [0.1, 0.15) is 11.1 Å². The lowest BCUT2D eigenvalue weighted by Gasteiger charge is -2.16. The number of phosphoric ester groups is 1. The highest BCUT2D eigenvalue weighted by atomic mass is 35.5. The van der Waals surface area contributed by atoms with E-state index in [0.29, 0.717) is 0 Å². The number of rotatable bonds is 4. The first-order chi connectivity index (χ1) is 9.80. The number of halogens is 2. The van der Waals surface area contributed by atoms with Crippen molar-refractivity contribution >= 4 is 31.0 Å². The lowest BCUT2D eigenvalue weighted by molar-refractivity contribution is 0.291. The Kier molecular flexibility index (Phi) is 4.84. The number of phosphoric acid groups is 1. The van der Waals surface area contributed by atoms with Crippen LogP contribution in [0.2, 0.25) is 10.0 Å². The molecule has 0 saturated heterocycles. The van der Waals surface area contributed by atoms with Crippen molar-refractivity contribution in [2.24, 2.45) is 0 Å². The minimum absolute atomic E-state index is 0.0753. The van der Waals surface area contributed by atoms with E-state index in [-0.39, 0.29) is 21.5 Å². The maximum absolute atomic E-state index is 12.1. The van der Waals surface area contributed by atoms with Crippen LogP contribution in [0.5, 0.6) is 11.5 Å². The van der Waals surface area contributed by atoms with Crippen molar-refractivity contribution in [2.75, 3.05) is 0 Å². The maximum Gasteiger partial charge on any atom is 0.585 e. The van der Waals surface area contributed by atoms with Crippen molar-refractivity contribution in [3.05, 3.63) is 57.6 Å². The molecule has 1 N–H and O–H groups in total. The number of benzene rings is 2. The number of hydrogen-bond donors (Lipinski definition) is 1. The van der Waals surface area contributed by atoms with Gasteiger partial charge in [0.2, 0.25) is 0 Å². The second-order valence-corrected chi connectivity index (χ2v) is 6.48. The van der Waals surface area contributed by atoms with Crippen LogP contribution in [0.3, 0.4) is 0 Å². The van der Waals surface area contributed by atoms with Gasteiger partial charge in [0, 0.05) is 0 Å². The molecule has 0 fully saturated rings. The summed E-state index contributed by atoms with van der Waals surface area (Å²) in [6.07, 6.45) is 0. The fraction of sp³-hybridized carbons (Fsp3) is 0.143. The Bertz CT molecular complexity index is 661. The fourth-order valence-electron chi connectivity index (χ4n) is 1.65. The molecule has 0 saturated carbocycles. The van der Waals surface area contributed by atoms with E-state index in [1.54, 1.807) is 38.1 Å². The average Bonchev–Trinajstić information content (AvgIpc) is 2.40. The van der Waals surface area contributed by atoms with Crippen LogP contribution < -0.4 is 9.05 Å². The number of hydrogen-bond acceptors (Lipinski definition) is 3. The van der Waals surface area contributed by atoms with Gasteiger partial charge in [0.15, 0.2) is 11.5 Å². The minimum Gasteiger partial charge on any atom is -0.394 e. The summed E-state index contributed by atoms with van der Waals surface area (Å²) in [5.74, 6) is 0.151. The zero-order chi connectivity index (χ0) is 15.6. The van der Waals surface area contributed by atoms with Crippen LogP contribution in [0, 0.1) is 13.8 Å². The average molecular weight is 347 g/mol. The van der Waals surface area contributed by atoms with E-state index < -0.39 is 7.82 Å². The molecule has 0 heterocycles. The van der Waals surface area contributed by atoms with Gasteiger partial charge in [-0.1, -0.05) is 47.5 Å². The van der Waals surface area contributed by atoms with Crippen molar-refractivity contribution in [1.29, 1.82) is 0 Å².